The van der Waals surface area contributed by atoms with Crippen molar-refractivity contribution < 1.29 is 23.7 Å². The van der Waals surface area contributed by atoms with Gasteiger partial charge in [0.05, 0.1) is 19.7 Å². The van der Waals surface area contributed by atoms with Crippen LogP contribution in [-0.2, 0) is 17.8 Å². The summed E-state index contributed by atoms with van der Waals surface area (Å²) in [7, 11) is 1.58. The van der Waals surface area contributed by atoms with Crippen molar-refractivity contribution in [3.05, 3.63) is 81.8 Å². The topological polar surface area (TPSA) is 78.4 Å². The molecule has 1 aliphatic heterocycles. The van der Waals surface area contributed by atoms with E-state index in [0.29, 0.717) is 42.8 Å². The summed E-state index contributed by atoms with van der Waals surface area (Å²) >= 11 is 3.42. The summed E-state index contributed by atoms with van der Waals surface area (Å²) in [6.45, 7) is 1.46. The summed E-state index contributed by atoms with van der Waals surface area (Å²) in [5, 5.41) is 4.05. The van der Waals surface area contributed by atoms with Crippen LogP contribution >= 0.6 is 15.9 Å². The van der Waals surface area contributed by atoms with E-state index in [1.807, 2.05) is 54.6 Å². The van der Waals surface area contributed by atoms with Crippen molar-refractivity contribution in [3.63, 3.8) is 0 Å². The number of halogens is 1. The van der Waals surface area contributed by atoms with Crippen LogP contribution in [0.1, 0.15) is 16.7 Å². The van der Waals surface area contributed by atoms with Crippen LogP contribution in [0, 0.1) is 0 Å². The van der Waals surface area contributed by atoms with Gasteiger partial charge in [-0.15, -0.1) is 0 Å². The van der Waals surface area contributed by atoms with E-state index in [1.165, 1.54) is 0 Å². The predicted molar refractivity (Wildman–Crippen MR) is 128 cm³/mol. The number of carbonyl (C=O) groups excluding carboxylic acids is 1. The summed E-state index contributed by atoms with van der Waals surface area (Å²) in [5.41, 5.74) is 5.18. The fourth-order valence-corrected chi connectivity index (χ4v) is 3.49. The summed E-state index contributed by atoms with van der Waals surface area (Å²) < 4.78 is 23.4. The van der Waals surface area contributed by atoms with E-state index in [-0.39, 0.29) is 12.3 Å². The van der Waals surface area contributed by atoms with Crippen molar-refractivity contribution in [1.29, 1.82) is 0 Å². The quantitative estimate of drug-likeness (QED) is 0.356. The van der Waals surface area contributed by atoms with Gasteiger partial charge >= 0.3 is 0 Å². The van der Waals surface area contributed by atoms with Crippen molar-refractivity contribution in [2.45, 2.75) is 13.0 Å². The first-order valence-corrected chi connectivity index (χ1v) is 11.2. The molecule has 0 fully saturated rings. The van der Waals surface area contributed by atoms with E-state index in [1.54, 1.807) is 19.4 Å². The number of ether oxygens (including phenoxy) is 4. The van der Waals surface area contributed by atoms with Gasteiger partial charge in [0, 0.05) is 4.47 Å². The molecule has 3 aromatic carbocycles. The lowest BCUT2D eigenvalue weighted by Crippen LogP contribution is -2.20. The first-order chi connectivity index (χ1) is 16.1. The Balaban J connectivity index is 1.32. The molecule has 7 nitrogen and oxygen atoms in total. The molecule has 3 aromatic rings. The molecule has 0 spiro atoms. The third kappa shape index (κ3) is 6.26. The fraction of sp³-hybridized carbons (Fsp3) is 0.200. The van der Waals surface area contributed by atoms with Crippen LogP contribution in [0.25, 0.3) is 0 Å². The lowest BCUT2D eigenvalue weighted by Gasteiger charge is -2.18. The number of nitrogens with zero attached hydrogens (tertiary/aromatic N) is 1. The Morgan fingerprint density at radius 2 is 1.76 bits per heavy atom. The molecule has 33 heavy (non-hydrogen) atoms. The molecule has 170 valence electrons. The van der Waals surface area contributed by atoms with Crippen LogP contribution < -0.4 is 24.4 Å². The Labute approximate surface area is 200 Å². The number of hydrazone groups is 1. The van der Waals surface area contributed by atoms with Gasteiger partial charge in [-0.1, -0.05) is 34.1 Å². The first-order valence-electron chi connectivity index (χ1n) is 10.4. The molecule has 0 radical (unpaired) electrons. The normalized spacial score (nSPS) is 12.4. The zero-order chi connectivity index (χ0) is 23.0. The molecule has 0 unspecified atom stereocenters. The third-order valence-corrected chi connectivity index (χ3v) is 5.40. The third-order valence-electron chi connectivity index (χ3n) is 4.87. The van der Waals surface area contributed by atoms with Gasteiger partial charge in [0.1, 0.15) is 19.8 Å². The molecular weight excluding hydrogens is 488 g/mol. The smallest absolute Gasteiger partial charge is 0.244 e. The van der Waals surface area contributed by atoms with Crippen LogP contribution in [0.5, 0.6) is 23.0 Å². The zero-order valence-electron chi connectivity index (χ0n) is 18.0. The SMILES string of the molecule is COc1cc(/C=N/NC(=O)Cc2ccc3c(c2)OCCO3)ccc1OCc1ccc(Br)cc1. The minimum absolute atomic E-state index is 0.181. The Morgan fingerprint density at radius 3 is 2.55 bits per heavy atom. The van der Waals surface area contributed by atoms with Crippen molar-refractivity contribution in [2.75, 3.05) is 20.3 Å². The minimum Gasteiger partial charge on any atom is -0.493 e. The largest absolute Gasteiger partial charge is 0.493 e. The van der Waals surface area contributed by atoms with Crippen LogP contribution in [0.3, 0.4) is 0 Å². The molecule has 1 heterocycles. The maximum Gasteiger partial charge on any atom is 0.244 e. The predicted octanol–water partition coefficient (Wildman–Crippen LogP) is 4.50. The van der Waals surface area contributed by atoms with Crippen LogP contribution in [-0.4, -0.2) is 32.4 Å². The van der Waals surface area contributed by atoms with Gasteiger partial charge < -0.3 is 18.9 Å². The number of methoxy groups -OCH3 is 1. The van der Waals surface area contributed by atoms with Crippen molar-refractivity contribution in [1.82, 2.24) is 5.43 Å². The molecule has 0 bridgehead atoms. The van der Waals surface area contributed by atoms with Crippen molar-refractivity contribution in [2.24, 2.45) is 5.10 Å². The minimum atomic E-state index is -0.232. The Morgan fingerprint density at radius 1 is 1.00 bits per heavy atom. The van der Waals surface area contributed by atoms with E-state index < -0.39 is 0 Å². The number of hydrogen-bond donors (Lipinski definition) is 1. The number of carbonyl (C=O) groups is 1. The van der Waals surface area contributed by atoms with Gasteiger partial charge in [-0.2, -0.15) is 5.10 Å². The number of amides is 1. The van der Waals surface area contributed by atoms with E-state index in [2.05, 4.69) is 26.5 Å². The molecule has 0 atom stereocenters. The number of rotatable bonds is 8. The van der Waals surface area contributed by atoms with Gasteiger partial charge in [0.25, 0.3) is 0 Å². The van der Waals surface area contributed by atoms with Gasteiger partial charge in [-0.25, -0.2) is 5.43 Å². The molecule has 0 saturated heterocycles. The lowest BCUT2D eigenvalue weighted by molar-refractivity contribution is -0.120. The molecule has 1 aliphatic rings. The van der Waals surface area contributed by atoms with E-state index >= 15 is 0 Å². The number of hydrogen-bond acceptors (Lipinski definition) is 6. The fourth-order valence-electron chi connectivity index (χ4n) is 3.23. The second kappa shape index (κ2) is 10.9. The van der Waals surface area contributed by atoms with Gasteiger partial charge in [-0.3, -0.25) is 4.79 Å². The highest BCUT2D eigenvalue weighted by Crippen LogP contribution is 2.31. The average Bonchev–Trinajstić information content (AvgIpc) is 2.84. The molecule has 0 saturated carbocycles. The molecule has 0 aliphatic carbocycles. The lowest BCUT2D eigenvalue weighted by atomic mass is 10.1. The number of nitrogens with one attached hydrogen (secondary N) is 1. The highest BCUT2D eigenvalue weighted by molar-refractivity contribution is 9.10. The monoisotopic (exact) mass is 510 g/mol. The summed E-state index contributed by atoms with van der Waals surface area (Å²) in [6, 6.07) is 18.8. The Kier molecular flexibility index (Phi) is 7.47. The van der Waals surface area contributed by atoms with Gasteiger partial charge in [0.2, 0.25) is 5.91 Å². The molecule has 4 rings (SSSR count). The molecular formula is C25H23BrN2O5. The van der Waals surface area contributed by atoms with Crippen LogP contribution in [0.2, 0.25) is 0 Å². The van der Waals surface area contributed by atoms with Gasteiger partial charge in [-0.05, 0) is 59.2 Å². The first kappa shape index (κ1) is 22.7. The van der Waals surface area contributed by atoms with E-state index in [9.17, 15) is 4.79 Å². The highest BCUT2D eigenvalue weighted by atomic mass is 79.9. The highest BCUT2D eigenvalue weighted by Gasteiger charge is 2.13. The molecule has 1 N–H and O–H groups in total. The molecule has 8 heteroatoms. The van der Waals surface area contributed by atoms with Crippen LogP contribution in [0.15, 0.2) is 70.2 Å². The average molecular weight is 511 g/mol. The molecule has 1 amide bonds. The second-order valence-corrected chi connectivity index (χ2v) is 8.19. The maximum absolute atomic E-state index is 12.2. The van der Waals surface area contributed by atoms with Crippen molar-refractivity contribution >= 4 is 28.1 Å². The van der Waals surface area contributed by atoms with E-state index in [4.69, 9.17) is 18.9 Å². The number of fused-ring (bicyclic) bond motifs is 1. The van der Waals surface area contributed by atoms with Crippen LogP contribution in [0.4, 0.5) is 0 Å². The van der Waals surface area contributed by atoms with Crippen molar-refractivity contribution in [3.8, 4) is 23.0 Å². The second-order valence-electron chi connectivity index (χ2n) is 7.27. The van der Waals surface area contributed by atoms with Gasteiger partial charge in [0.15, 0.2) is 23.0 Å². The standard InChI is InChI=1S/C25H23BrN2O5/c1-30-23-13-19(5-9-21(23)33-16-17-2-6-20(26)7-3-17)15-27-28-25(29)14-18-4-8-22-24(12-18)32-11-10-31-22/h2-9,12-13,15H,10-11,14,16H2,1H3,(H,28,29)/b27-15+. The maximum atomic E-state index is 12.2. The number of benzene rings is 3. The van der Waals surface area contributed by atoms with E-state index in [0.717, 1.165) is 21.2 Å². The summed E-state index contributed by atoms with van der Waals surface area (Å²) in [5.74, 6) is 2.33. The summed E-state index contributed by atoms with van der Waals surface area (Å²) in [4.78, 5) is 12.2. The zero-order valence-corrected chi connectivity index (χ0v) is 19.6. The molecule has 0 aromatic heterocycles. The Hall–Kier alpha value is -3.52. The Bertz CT molecular complexity index is 1150. The summed E-state index contributed by atoms with van der Waals surface area (Å²) in [6.07, 6.45) is 1.74.